The number of carboxylic acid groups (broad SMARTS) is 1. The molecule has 2 aromatic carbocycles. The van der Waals surface area contributed by atoms with Crippen LogP contribution in [-0.2, 0) is 11.3 Å². The number of benzene rings is 2. The number of aromatic nitrogens is 2. The molecule has 0 saturated carbocycles. The molecule has 2 aliphatic rings. The van der Waals surface area contributed by atoms with Crippen molar-refractivity contribution in [1.29, 1.82) is 0 Å². The molecule has 2 aliphatic heterocycles. The second kappa shape index (κ2) is 7.74. The number of carboxylic acids is 1. The van der Waals surface area contributed by atoms with Gasteiger partial charge in [-0.1, -0.05) is 54.6 Å². The molecule has 2 aromatic heterocycles. The third kappa shape index (κ3) is 3.29. The van der Waals surface area contributed by atoms with Crippen LogP contribution in [0.4, 0.5) is 0 Å². The Morgan fingerprint density at radius 2 is 1.73 bits per heavy atom. The van der Waals surface area contributed by atoms with Crippen molar-refractivity contribution in [3.05, 3.63) is 94.4 Å². The zero-order valence-corrected chi connectivity index (χ0v) is 18.1. The molecule has 1 unspecified atom stereocenters. The van der Waals surface area contributed by atoms with Crippen molar-refractivity contribution < 1.29 is 9.90 Å². The van der Waals surface area contributed by atoms with Gasteiger partial charge < -0.3 is 14.7 Å². The van der Waals surface area contributed by atoms with Crippen LogP contribution in [0.5, 0.6) is 0 Å². The van der Waals surface area contributed by atoms with Gasteiger partial charge in [0.05, 0.1) is 5.69 Å². The van der Waals surface area contributed by atoms with E-state index in [0.29, 0.717) is 19.6 Å². The fraction of sp³-hybridized carbons (Fsp3) is 0.259. The maximum absolute atomic E-state index is 12.8. The maximum Gasteiger partial charge on any atom is 0.325 e. The Balaban J connectivity index is 1.48. The Morgan fingerprint density at radius 3 is 2.55 bits per heavy atom. The van der Waals surface area contributed by atoms with Gasteiger partial charge in [0.1, 0.15) is 6.04 Å². The van der Waals surface area contributed by atoms with Crippen molar-refractivity contribution in [2.45, 2.75) is 24.9 Å². The molecule has 0 aliphatic carbocycles. The van der Waals surface area contributed by atoms with E-state index in [0.717, 1.165) is 39.8 Å². The molecule has 2 N–H and O–H groups in total. The molecule has 4 aromatic rings. The predicted octanol–water partition coefficient (Wildman–Crippen LogP) is 4.24. The van der Waals surface area contributed by atoms with Crippen molar-refractivity contribution >= 4 is 16.9 Å². The molecular weight excluding hydrogens is 414 g/mol. The number of nitrogens with zero attached hydrogens (tertiary/aromatic N) is 2. The number of hydrogen-bond acceptors (Lipinski definition) is 3. The lowest BCUT2D eigenvalue weighted by Gasteiger charge is -2.44. The van der Waals surface area contributed by atoms with Gasteiger partial charge in [-0.05, 0) is 30.0 Å². The number of piperidine rings is 1. The highest BCUT2D eigenvalue weighted by atomic mass is 16.4. The Kier molecular flexibility index (Phi) is 4.69. The lowest BCUT2D eigenvalue weighted by atomic mass is 9.81. The molecule has 33 heavy (non-hydrogen) atoms. The molecule has 166 valence electrons. The average Bonchev–Trinajstić information content (AvgIpc) is 3.20. The van der Waals surface area contributed by atoms with E-state index in [4.69, 9.17) is 0 Å². The topological polar surface area (TPSA) is 78.3 Å². The second-order valence-electron chi connectivity index (χ2n) is 9.22. The van der Waals surface area contributed by atoms with Crippen LogP contribution in [0.15, 0.2) is 77.6 Å². The second-order valence-corrected chi connectivity index (χ2v) is 9.22. The Morgan fingerprint density at radius 1 is 0.939 bits per heavy atom. The highest BCUT2D eigenvalue weighted by Gasteiger charge is 2.41. The molecule has 6 rings (SSSR count). The summed E-state index contributed by atoms with van der Waals surface area (Å²) in [5, 5.41) is 11.5. The van der Waals surface area contributed by atoms with E-state index in [9.17, 15) is 14.7 Å². The fourth-order valence-electron chi connectivity index (χ4n) is 5.89. The van der Waals surface area contributed by atoms with Crippen molar-refractivity contribution in [3.63, 3.8) is 0 Å². The summed E-state index contributed by atoms with van der Waals surface area (Å²) in [6, 6.07) is 22.5. The van der Waals surface area contributed by atoms with Gasteiger partial charge in [-0.2, -0.15) is 0 Å². The Hall–Kier alpha value is -3.64. The average molecular weight is 440 g/mol. The molecule has 6 heteroatoms. The van der Waals surface area contributed by atoms with Crippen molar-refractivity contribution in [3.8, 4) is 11.3 Å². The number of pyridine rings is 1. The monoisotopic (exact) mass is 439 g/mol. The highest BCUT2D eigenvalue weighted by Crippen LogP contribution is 2.42. The van der Waals surface area contributed by atoms with Crippen molar-refractivity contribution in [2.75, 3.05) is 13.1 Å². The third-order valence-corrected chi connectivity index (χ3v) is 7.19. The molecule has 3 atom stereocenters. The molecule has 0 radical (unpaired) electrons. The van der Waals surface area contributed by atoms with Gasteiger partial charge in [0.2, 0.25) is 0 Å². The molecule has 4 heterocycles. The Bertz CT molecular complexity index is 1410. The first-order valence-corrected chi connectivity index (χ1v) is 11.4. The van der Waals surface area contributed by atoms with Crippen LogP contribution in [0.1, 0.15) is 29.6 Å². The van der Waals surface area contributed by atoms with Crippen molar-refractivity contribution in [1.82, 2.24) is 14.5 Å². The predicted molar refractivity (Wildman–Crippen MR) is 127 cm³/mol. The van der Waals surface area contributed by atoms with Gasteiger partial charge in [0.15, 0.2) is 0 Å². The number of rotatable bonds is 4. The van der Waals surface area contributed by atoms with Gasteiger partial charge in [-0.15, -0.1) is 0 Å². The minimum atomic E-state index is -0.845. The SMILES string of the molecule is O=C(O)C(c1c(-c2ccccc2)[nH]c2ccccc12)N1C[C@H]2C[C@@H](C1)c1cccc(=O)n1C2. The van der Waals surface area contributed by atoms with E-state index in [1.54, 1.807) is 6.07 Å². The van der Waals surface area contributed by atoms with Crippen LogP contribution >= 0.6 is 0 Å². The standard InChI is InChI=1S/C27H25N3O3/c31-23-12-6-11-22-19-13-17(15-30(22)23)14-29(16-19)26(27(32)33)24-20-9-4-5-10-21(20)28-25(24)18-7-2-1-3-8-18/h1-12,17,19,26,28H,13-16H2,(H,32,33)/t17-,19+,26?/m1/s1. The highest BCUT2D eigenvalue weighted by molar-refractivity contribution is 5.95. The molecule has 1 saturated heterocycles. The zero-order chi connectivity index (χ0) is 22.5. The number of aliphatic carboxylic acids is 1. The summed E-state index contributed by atoms with van der Waals surface area (Å²) < 4.78 is 1.88. The van der Waals surface area contributed by atoms with Crippen LogP contribution < -0.4 is 5.56 Å². The Labute approximate surface area is 191 Å². The quantitative estimate of drug-likeness (QED) is 0.499. The number of carbonyl (C=O) groups is 1. The van der Waals surface area contributed by atoms with Crippen LogP contribution in [0.2, 0.25) is 0 Å². The summed E-state index contributed by atoms with van der Waals surface area (Å²) in [5.41, 5.74) is 4.64. The minimum Gasteiger partial charge on any atom is -0.480 e. The number of para-hydroxylation sites is 1. The number of likely N-dealkylation sites (tertiary alicyclic amines) is 1. The number of hydrogen-bond donors (Lipinski definition) is 2. The van der Waals surface area contributed by atoms with Gasteiger partial charge in [-0.25, -0.2) is 0 Å². The van der Waals surface area contributed by atoms with Gasteiger partial charge in [0.25, 0.3) is 5.56 Å². The van der Waals surface area contributed by atoms with E-state index < -0.39 is 12.0 Å². The van der Waals surface area contributed by atoms with Crippen LogP contribution in [0, 0.1) is 5.92 Å². The molecule has 0 spiro atoms. The van der Waals surface area contributed by atoms with E-state index in [1.165, 1.54) is 0 Å². The van der Waals surface area contributed by atoms with Gasteiger partial charge in [-0.3, -0.25) is 14.5 Å². The molecular formula is C27H25N3O3. The molecule has 1 fully saturated rings. The summed E-state index contributed by atoms with van der Waals surface area (Å²) in [6.07, 6.45) is 0.992. The van der Waals surface area contributed by atoms with E-state index in [-0.39, 0.29) is 17.4 Å². The summed E-state index contributed by atoms with van der Waals surface area (Å²) in [5.74, 6) is -0.440. The lowest BCUT2D eigenvalue weighted by Crippen LogP contribution is -2.49. The zero-order valence-electron chi connectivity index (χ0n) is 18.1. The van der Waals surface area contributed by atoms with Crippen LogP contribution in [0.3, 0.4) is 0 Å². The molecule has 6 nitrogen and oxygen atoms in total. The molecule has 2 bridgehead atoms. The van der Waals surface area contributed by atoms with E-state index >= 15 is 0 Å². The first-order chi connectivity index (χ1) is 16.1. The molecule has 0 amide bonds. The largest absolute Gasteiger partial charge is 0.480 e. The fourth-order valence-corrected chi connectivity index (χ4v) is 5.89. The number of fused-ring (bicyclic) bond motifs is 5. The summed E-state index contributed by atoms with van der Waals surface area (Å²) >= 11 is 0. The van der Waals surface area contributed by atoms with E-state index in [1.807, 2.05) is 71.3 Å². The number of aromatic amines is 1. The van der Waals surface area contributed by atoms with E-state index in [2.05, 4.69) is 9.88 Å². The maximum atomic E-state index is 12.8. The van der Waals surface area contributed by atoms with Gasteiger partial charge >= 0.3 is 5.97 Å². The summed E-state index contributed by atoms with van der Waals surface area (Å²) in [7, 11) is 0. The van der Waals surface area contributed by atoms with Crippen LogP contribution in [0.25, 0.3) is 22.2 Å². The first kappa shape index (κ1) is 20.0. The smallest absolute Gasteiger partial charge is 0.325 e. The minimum absolute atomic E-state index is 0.0356. The summed E-state index contributed by atoms with van der Waals surface area (Å²) in [4.78, 5) is 30.8. The van der Waals surface area contributed by atoms with Gasteiger partial charge in [0, 0.05) is 53.8 Å². The summed E-state index contributed by atoms with van der Waals surface area (Å²) in [6.45, 7) is 1.92. The van der Waals surface area contributed by atoms with Crippen LogP contribution in [-0.4, -0.2) is 38.6 Å². The normalized spacial score (nSPS) is 21.0. The lowest BCUT2D eigenvalue weighted by molar-refractivity contribution is -0.144. The first-order valence-electron chi connectivity index (χ1n) is 11.4. The van der Waals surface area contributed by atoms with Crippen molar-refractivity contribution in [2.24, 2.45) is 5.92 Å². The number of nitrogens with one attached hydrogen (secondary N) is 1. The third-order valence-electron chi connectivity index (χ3n) is 7.19. The number of H-pyrrole nitrogens is 1.